The Morgan fingerprint density at radius 2 is 1.62 bits per heavy atom. The van der Waals surface area contributed by atoms with E-state index in [1.165, 1.54) is 13.8 Å². The molecule has 0 bridgehead atoms. The number of esters is 2. The maximum atomic E-state index is 10.8. The van der Waals surface area contributed by atoms with Gasteiger partial charge >= 0.3 is 27.6 Å². The minimum Gasteiger partial charge on any atom is -0.460 e. The summed E-state index contributed by atoms with van der Waals surface area (Å²) in [4.78, 5) is 54.3. The molecule has 0 aliphatic heterocycles. The number of rotatable bonds is 10. The van der Waals surface area contributed by atoms with Gasteiger partial charge in [0, 0.05) is 11.6 Å². The van der Waals surface area contributed by atoms with E-state index in [4.69, 9.17) is 19.6 Å². The van der Waals surface area contributed by atoms with E-state index in [1.807, 2.05) is 0 Å². The van der Waals surface area contributed by atoms with Gasteiger partial charge in [0.1, 0.15) is 19.3 Å². The van der Waals surface area contributed by atoms with Crippen molar-refractivity contribution in [3.63, 3.8) is 0 Å². The molecule has 14 heteroatoms. The quantitative estimate of drug-likeness (QED) is 0.165. The van der Waals surface area contributed by atoms with Gasteiger partial charge in [0.2, 0.25) is 0 Å². The first-order valence-electron chi connectivity index (χ1n) is 6.73. The molecule has 1 atom stereocenters. The van der Waals surface area contributed by atoms with Crippen molar-refractivity contribution >= 4 is 27.6 Å². The first-order valence-corrected chi connectivity index (χ1v) is 9.80. The van der Waals surface area contributed by atoms with Gasteiger partial charge in [-0.05, 0) is 13.8 Å². The van der Waals surface area contributed by atoms with Crippen LogP contribution in [0.1, 0.15) is 13.8 Å². The second kappa shape index (κ2) is 12.9. The van der Waals surface area contributed by atoms with Gasteiger partial charge in [-0.25, -0.2) is 18.7 Å². The fourth-order valence-corrected chi connectivity index (χ4v) is 1.78. The first-order chi connectivity index (χ1) is 11.7. The highest BCUT2D eigenvalue weighted by Crippen LogP contribution is 2.37. The van der Waals surface area contributed by atoms with Crippen LogP contribution in [0.5, 0.6) is 0 Å². The van der Waals surface area contributed by atoms with Crippen molar-refractivity contribution in [2.75, 3.05) is 19.8 Å². The molecule has 0 aromatic heterocycles. The Balaban J connectivity index is 0. The summed E-state index contributed by atoms with van der Waals surface area (Å²) in [7, 11) is -8.97. The van der Waals surface area contributed by atoms with Crippen LogP contribution in [0.2, 0.25) is 0 Å². The third-order valence-electron chi connectivity index (χ3n) is 1.87. The van der Waals surface area contributed by atoms with E-state index in [9.17, 15) is 18.7 Å². The van der Waals surface area contributed by atoms with E-state index >= 15 is 0 Å². The fraction of sp³-hybridized carbons (Fsp3) is 0.500. The average Bonchev–Trinajstić information content (AvgIpc) is 2.46. The zero-order valence-electron chi connectivity index (χ0n) is 14.1. The smallest absolute Gasteiger partial charge is 0.460 e. The normalized spacial score (nSPS) is 12.2. The van der Waals surface area contributed by atoms with Crippen LogP contribution < -0.4 is 0 Å². The van der Waals surface area contributed by atoms with Crippen molar-refractivity contribution in [2.24, 2.45) is 0 Å². The zero-order chi connectivity index (χ0) is 21.0. The topological polar surface area (TPSA) is 186 Å². The second-order valence-corrected chi connectivity index (χ2v) is 6.91. The highest BCUT2D eigenvalue weighted by molar-refractivity contribution is 7.46. The molecule has 0 heterocycles. The molecule has 152 valence electrons. The lowest BCUT2D eigenvalue weighted by Crippen LogP contribution is -2.18. The van der Waals surface area contributed by atoms with Crippen LogP contribution in [0.3, 0.4) is 0 Å². The highest BCUT2D eigenvalue weighted by Gasteiger charge is 2.20. The molecule has 0 saturated heterocycles. The Hall–Kier alpha value is -1.36. The standard InChI is InChI=1S/C7H13O6P.C5H9O6P/c1-5(2)7(8)12-4-6(3)13-14(9,10)11;1-2-5(6)10-3-4-11-12(7,8)9/h6H,1,4H2,2-3H3,(H2,9,10,11);2H,1,3-4H2,(H2,7,8,9). The van der Waals surface area contributed by atoms with Crippen molar-refractivity contribution < 1.29 is 56.8 Å². The molecule has 26 heavy (non-hydrogen) atoms. The number of ether oxygens (including phenoxy) is 2. The lowest BCUT2D eigenvalue weighted by atomic mass is 10.3. The van der Waals surface area contributed by atoms with Crippen LogP contribution in [-0.4, -0.2) is 57.4 Å². The molecule has 12 nitrogen and oxygen atoms in total. The summed E-state index contributed by atoms with van der Waals surface area (Å²) in [6.45, 7) is 8.53. The Kier molecular flexibility index (Phi) is 13.3. The van der Waals surface area contributed by atoms with Crippen LogP contribution in [0.25, 0.3) is 0 Å². The Morgan fingerprint density at radius 1 is 1.08 bits per heavy atom. The number of carbonyl (C=O) groups excluding carboxylic acids is 2. The van der Waals surface area contributed by atoms with E-state index in [2.05, 4.69) is 31.7 Å². The molecule has 1 unspecified atom stereocenters. The minimum absolute atomic E-state index is 0.212. The summed E-state index contributed by atoms with van der Waals surface area (Å²) < 4.78 is 37.6. The maximum Gasteiger partial charge on any atom is 0.469 e. The van der Waals surface area contributed by atoms with E-state index in [0.29, 0.717) is 0 Å². The fourth-order valence-electron chi connectivity index (χ4n) is 0.938. The molecule has 0 rings (SSSR count). The summed E-state index contributed by atoms with van der Waals surface area (Å²) in [6, 6.07) is 0. The lowest BCUT2D eigenvalue weighted by molar-refractivity contribution is -0.141. The molecule has 0 amide bonds. The highest BCUT2D eigenvalue weighted by atomic mass is 31.2. The van der Waals surface area contributed by atoms with Crippen LogP contribution in [0, 0.1) is 0 Å². The van der Waals surface area contributed by atoms with Gasteiger partial charge in [0.25, 0.3) is 0 Å². The minimum atomic E-state index is -4.52. The molecule has 0 spiro atoms. The molecule has 0 radical (unpaired) electrons. The van der Waals surface area contributed by atoms with Crippen molar-refractivity contribution in [1.82, 2.24) is 0 Å². The molecule has 0 aromatic rings. The maximum absolute atomic E-state index is 10.8. The predicted molar refractivity (Wildman–Crippen MR) is 87.5 cm³/mol. The third-order valence-corrected chi connectivity index (χ3v) is 3.02. The predicted octanol–water partition coefficient (Wildman–Crippen LogP) is 0.428. The monoisotopic (exact) mass is 420 g/mol. The van der Waals surface area contributed by atoms with Crippen molar-refractivity contribution in [3.8, 4) is 0 Å². The molecular weight excluding hydrogens is 398 g/mol. The zero-order valence-corrected chi connectivity index (χ0v) is 15.9. The SMILES string of the molecule is C=C(C)C(=O)OCC(C)OP(=O)(O)O.C=CC(=O)OCCOP(=O)(O)O. The van der Waals surface area contributed by atoms with Crippen LogP contribution >= 0.6 is 15.6 Å². The van der Waals surface area contributed by atoms with Gasteiger partial charge in [-0.3, -0.25) is 9.05 Å². The molecule has 0 aromatic carbocycles. The van der Waals surface area contributed by atoms with Gasteiger partial charge in [0.15, 0.2) is 0 Å². The van der Waals surface area contributed by atoms with E-state index < -0.39 is 33.7 Å². The molecular formula is C12H22O12P2. The van der Waals surface area contributed by atoms with Crippen molar-refractivity contribution in [1.29, 1.82) is 0 Å². The molecule has 0 aliphatic rings. The lowest BCUT2D eigenvalue weighted by Gasteiger charge is -2.13. The van der Waals surface area contributed by atoms with E-state index in [0.717, 1.165) is 6.08 Å². The van der Waals surface area contributed by atoms with Crippen molar-refractivity contribution in [3.05, 3.63) is 24.8 Å². The number of phosphoric acid groups is 2. The molecule has 0 aliphatic carbocycles. The summed E-state index contributed by atoms with van der Waals surface area (Å²) in [5.74, 6) is -1.28. The van der Waals surface area contributed by atoms with Crippen LogP contribution in [0.4, 0.5) is 0 Å². The van der Waals surface area contributed by atoms with Gasteiger partial charge in [-0.2, -0.15) is 0 Å². The second-order valence-electron chi connectivity index (χ2n) is 4.48. The summed E-state index contributed by atoms with van der Waals surface area (Å²) in [5, 5.41) is 0. The Labute approximate surface area is 149 Å². The first kappa shape index (κ1) is 26.9. The molecule has 0 fully saturated rings. The summed E-state index contributed by atoms with van der Waals surface area (Å²) >= 11 is 0. The molecule has 0 saturated carbocycles. The third kappa shape index (κ3) is 20.7. The Morgan fingerprint density at radius 3 is 2.00 bits per heavy atom. The van der Waals surface area contributed by atoms with Gasteiger partial charge < -0.3 is 29.0 Å². The van der Waals surface area contributed by atoms with Crippen molar-refractivity contribution in [2.45, 2.75) is 20.0 Å². The Bertz CT molecular complexity index is 575. The van der Waals surface area contributed by atoms with Gasteiger partial charge in [-0.15, -0.1) is 0 Å². The van der Waals surface area contributed by atoms with Crippen LogP contribution in [0.15, 0.2) is 24.8 Å². The number of carbonyl (C=O) groups is 2. The summed E-state index contributed by atoms with van der Waals surface area (Å²) in [5.41, 5.74) is 0.216. The van der Waals surface area contributed by atoms with Gasteiger partial charge in [-0.1, -0.05) is 13.2 Å². The van der Waals surface area contributed by atoms with E-state index in [-0.39, 0.29) is 25.4 Å². The van der Waals surface area contributed by atoms with E-state index in [1.54, 1.807) is 0 Å². The van der Waals surface area contributed by atoms with Crippen LogP contribution in [-0.2, 0) is 37.2 Å². The average molecular weight is 420 g/mol. The molecule has 4 N–H and O–H groups in total. The number of hydrogen-bond donors (Lipinski definition) is 4. The number of phosphoric ester groups is 2. The van der Waals surface area contributed by atoms with Gasteiger partial charge in [0.05, 0.1) is 6.61 Å². The largest absolute Gasteiger partial charge is 0.469 e. The number of hydrogen-bond acceptors (Lipinski definition) is 8. The summed E-state index contributed by atoms with van der Waals surface area (Å²) in [6.07, 6.45) is 0.0800.